The van der Waals surface area contributed by atoms with E-state index in [1.54, 1.807) is 20.9 Å². The van der Waals surface area contributed by atoms with Gasteiger partial charge in [0.1, 0.15) is 5.75 Å². The number of benzene rings is 1. The Kier molecular flexibility index (Phi) is 6.75. The molecular weight excluding hydrogens is 350 g/mol. The lowest BCUT2D eigenvalue weighted by molar-refractivity contribution is -0.128. The van der Waals surface area contributed by atoms with Crippen LogP contribution in [0.2, 0.25) is 0 Å². The first kappa shape index (κ1) is 21.6. The van der Waals surface area contributed by atoms with Crippen LogP contribution in [0.5, 0.6) is 5.75 Å². The number of carbonyl (C=O) groups is 1. The molecule has 1 amide bonds. The van der Waals surface area contributed by atoms with Crippen molar-refractivity contribution in [2.24, 2.45) is 0 Å². The van der Waals surface area contributed by atoms with E-state index in [4.69, 9.17) is 9.79 Å². The van der Waals surface area contributed by atoms with Gasteiger partial charge in [0.2, 0.25) is 6.17 Å². The quantitative estimate of drug-likeness (QED) is 0.519. The number of amides is 1. The lowest BCUT2D eigenvalue weighted by atomic mass is 9.87. The van der Waals surface area contributed by atoms with E-state index >= 15 is 0 Å². The molecule has 4 N–H and O–H groups in total. The minimum atomic E-state index is -4.86. The highest BCUT2D eigenvalue weighted by molar-refractivity contribution is 7.46. The zero-order valence-corrected chi connectivity index (χ0v) is 15.9. The molecule has 142 valence electrons. The van der Waals surface area contributed by atoms with E-state index in [0.717, 1.165) is 0 Å². The predicted molar refractivity (Wildman–Crippen MR) is 92.9 cm³/mol. The normalized spacial score (nSPS) is 14.1. The molecule has 0 bridgehead atoms. The van der Waals surface area contributed by atoms with Crippen LogP contribution in [0.4, 0.5) is 4.39 Å². The predicted octanol–water partition coefficient (Wildman–Crippen LogP) is 2.45. The van der Waals surface area contributed by atoms with Crippen LogP contribution in [0.25, 0.3) is 0 Å². The fourth-order valence-electron chi connectivity index (χ4n) is 2.68. The summed E-state index contributed by atoms with van der Waals surface area (Å²) in [5.74, 6) is -1.27. The maximum atomic E-state index is 14.6. The molecule has 9 heteroatoms. The van der Waals surface area contributed by atoms with Gasteiger partial charge in [0.05, 0.1) is 0 Å². The first-order valence-electron chi connectivity index (χ1n) is 7.75. The number of phosphoric ester groups is 1. The van der Waals surface area contributed by atoms with Crippen molar-refractivity contribution in [1.82, 2.24) is 10.6 Å². The molecule has 1 rings (SSSR count). The first-order chi connectivity index (χ1) is 11.3. The maximum absolute atomic E-state index is 14.6. The summed E-state index contributed by atoms with van der Waals surface area (Å²) in [6.45, 7) is 7.46. The average Bonchev–Trinajstić information content (AvgIpc) is 2.43. The van der Waals surface area contributed by atoms with Crippen molar-refractivity contribution in [3.8, 4) is 5.75 Å². The Hall–Kier alpha value is -1.47. The van der Waals surface area contributed by atoms with Gasteiger partial charge < -0.3 is 15.2 Å². The van der Waals surface area contributed by atoms with Crippen LogP contribution in [0.1, 0.15) is 45.9 Å². The molecule has 0 aromatic heterocycles. The van der Waals surface area contributed by atoms with E-state index in [0.29, 0.717) is 6.42 Å². The number of rotatable bonds is 8. The lowest BCUT2D eigenvalue weighted by Crippen LogP contribution is -2.52. The van der Waals surface area contributed by atoms with Crippen molar-refractivity contribution in [1.29, 1.82) is 0 Å². The van der Waals surface area contributed by atoms with Gasteiger partial charge in [-0.05, 0) is 47.2 Å². The third-order valence-corrected chi connectivity index (χ3v) is 4.10. The maximum Gasteiger partial charge on any atom is 0.524 e. The zero-order chi connectivity index (χ0) is 19.5. The highest BCUT2D eigenvalue weighted by Gasteiger charge is 2.33. The van der Waals surface area contributed by atoms with Crippen LogP contribution < -0.4 is 15.2 Å². The highest BCUT2D eigenvalue weighted by atomic mass is 31.2. The molecule has 0 aliphatic heterocycles. The molecule has 1 unspecified atom stereocenters. The van der Waals surface area contributed by atoms with Gasteiger partial charge in [-0.2, -0.15) is 0 Å². The van der Waals surface area contributed by atoms with Gasteiger partial charge in [-0.1, -0.05) is 18.2 Å². The Morgan fingerprint density at radius 2 is 1.80 bits per heavy atom. The van der Waals surface area contributed by atoms with E-state index in [1.807, 2.05) is 13.8 Å². The molecular formula is C16H26FN2O5P. The van der Waals surface area contributed by atoms with E-state index in [1.165, 1.54) is 24.3 Å². The average molecular weight is 376 g/mol. The lowest BCUT2D eigenvalue weighted by Gasteiger charge is -2.36. The zero-order valence-electron chi connectivity index (χ0n) is 15.0. The van der Waals surface area contributed by atoms with Gasteiger partial charge >= 0.3 is 7.82 Å². The van der Waals surface area contributed by atoms with E-state index in [9.17, 15) is 13.8 Å². The summed E-state index contributed by atoms with van der Waals surface area (Å²) >= 11 is 0. The summed E-state index contributed by atoms with van der Waals surface area (Å²) in [5.41, 5.74) is -1.22. The second kappa shape index (κ2) is 7.83. The Balaban J connectivity index is 2.95. The van der Waals surface area contributed by atoms with Crippen LogP contribution in [-0.4, -0.2) is 33.8 Å². The molecule has 1 aromatic rings. The molecule has 0 radical (unpaired) electrons. The summed E-state index contributed by atoms with van der Waals surface area (Å²) < 4.78 is 30.1. The Morgan fingerprint density at radius 3 is 2.32 bits per heavy atom. The SMILES string of the molecule is CNC(C)(C)CC(C)(C)NC(=O)C(F)c1ccccc1OP(=O)(O)O. The van der Waals surface area contributed by atoms with Crippen molar-refractivity contribution < 1.29 is 28.1 Å². The monoisotopic (exact) mass is 376 g/mol. The molecule has 0 fully saturated rings. The third kappa shape index (κ3) is 7.12. The summed E-state index contributed by atoms with van der Waals surface area (Å²) in [6, 6.07) is 5.33. The van der Waals surface area contributed by atoms with Gasteiger partial charge in [0.25, 0.3) is 5.91 Å². The summed E-state index contributed by atoms with van der Waals surface area (Å²) in [6.07, 6.45) is -1.59. The highest BCUT2D eigenvalue weighted by Crippen LogP contribution is 2.41. The molecule has 0 spiro atoms. The van der Waals surface area contributed by atoms with Gasteiger partial charge in [0.15, 0.2) is 0 Å². The van der Waals surface area contributed by atoms with Gasteiger partial charge in [-0.15, -0.1) is 0 Å². The number of hydrogen-bond acceptors (Lipinski definition) is 4. The molecule has 0 aliphatic rings. The molecule has 25 heavy (non-hydrogen) atoms. The fraction of sp³-hybridized carbons (Fsp3) is 0.562. The molecule has 7 nitrogen and oxygen atoms in total. The van der Waals surface area contributed by atoms with Crippen molar-refractivity contribution in [3.05, 3.63) is 29.8 Å². The smallest absolute Gasteiger partial charge is 0.404 e. The summed E-state index contributed by atoms with van der Waals surface area (Å²) in [5, 5.41) is 5.75. The van der Waals surface area contributed by atoms with Crippen LogP contribution in [0.3, 0.4) is 0 Å². The first-order valence-corrected chi connectivity index (χ1v) is 9.28. The Bertz CT molecular complexity index is 660. The molecule has 0 saturated heterocycles. The number of alkyl halides is 1. The van der Waals surface area contributed by atoms with E-state index in [-0.39, 0.29) is 16.9 Å². The number of hydrogen-bond donors (Lipinski definition) is 4. The van der Waals surface area contributed by atoms with Crippen LogP contribution >= 0.6 is 7.82 Å². The molecule has 1 atom stereocenters. The number of halogens is 1. The van der Waals surface area contributed by atoms with Crippen LogP contribution in [-0.2, 0) is 9.36 Å². The second-order valence-electron chi connectivity index (χ2n) is 7.17. The number of phosphoric acid groups is 1. The molecule has 0 aliphatic carbocycles. The molecule has 0 heterocycles. The van der Waals surface area contributed by atoms with Crippen LogP contribution in [0, 0.1) is 0 Å². The van der Waals surface area contributed by atoms with Gasteiger partial charge in [-0.25, -0.2) is 8.96 Å². The van der Waals surface area contributed by atoms with Crippen molar-refractivity contribution >= 4 is 13.7 Å². The van der Waals surface area contributed by atoms with Crippen molar-refractivity contribution in [3.63, 3.8) is 0 Å². The third-order valence-electron chi connectivity index (χ3n) is 3.66. The molecule has 1 aromatic carbocycles. The summed E-state index contributed by atoms with van der Waals surface area (Å²) in [7, 11) is -3.07. The standard InChI is InChI=1S/C16H26FN2O5P/c1-15(2,18-5)10-16(3,4)19-14(20)13(17)11-8-6-7-9-12(11)24-25(21,22)23/h6-9,13,18H,10H2,1-5H3,(H,19,20)(H2,21,22,23). The van der Waals surface area contributed by atoms with Crippen molar-refractivity contribution in [2.75, 3.05) is 7.05 Å². The van der Waals surface area contributed by atoms with Crippen molar-refractivity contribution in [2.45, 2.75) is 51.4 Å². The Morgan fingerprint density at radius 1 is 1.24 bits per heavy atom. The number of carbonyl (C=O) groups excluding carboxylic acids is 1. The minimum absolute atomic E-state index is 0.244. The fourth-order valence-corrected chi connectivity index (χ4v) is 3.10. The Labute approximate surface area is 147 Å². The largest absolute Gasteiger partial charge is 0.524 e. The second-order valence-corrected chi connectivity index (χ2v) is 8.33. The van der Waals surface area contributed by atoms with E-state index in [2.05, 4.69) is 15.2 Å². The number of nitrogens with one attached hydrogen (secondary N) is 2. The minimum Gasteiger partial charge on any atom is -0.404 e. The topological polar surface area (TPSA) is 108 Å². The molecule has 0 saturated carbocycles. The van der Waals surface area contributed by atoms with Gasteiger partial charge in [-0.3, -0.25) is 14.6 Å². The van der Waals surface area contributed by atoms with E-state index < -0.39 is 25.4 Å². The van der Waals surface area contributed by atoms with Gasteiger partial charge in [0, 0.05) is 16.6 Å². The van der Waals surface area contributed by atoms with Crippen LogP contribution in [0.15, 0.2) is 24.3 Å². The number of para-hydroxylation sites is 1. The summed E-state index contributed by atoms with van der Waals surface area (Å²) in [4.78, 5) is 30.1.